The van der Waals surface area contributed by atoms with Crippen LogP contribution in [0, 0.1) is 11.8 Å². The highest BCUT2D eigenvalue weighted by Crippen LogP contribution is 2.68. The molecule has 2 aromatic carbocycles. The lowest BCUT2D eigenvalue weighted by Crippen LogP contribution is -2.57. The number of halogens is 1. The van der Waals surface area contributed by atoms with Gasteiger partial charge in [-0.2, -0.15) is 0 Å². The van der Waals surface area contributed by atoms with Crippen molar-refractivity contribution in [3.8, 4) is 0 Å². The van der Waals surface area contributed by atoms with Crippen LogP contribution in [0.4, 0.5) is 0 Å². The smallest absolute Gasteiger partial charge is 0.245 e. The van der Waals surface area contributed by atoms with Crippen LogP contribution < -0.4 is 10.6 Å². The molecule has 210 valence electrons. The number of amides is 3. The largest absolute Gasteiger partial charge is 0.394 e. The summed E-state index contributed by atoms with van der Waals surface area (Å²) in [4.78, 5) is 43.3. The minimum Gasteiger partial charge on any atom is -0.394 e. The fourth-order valence-electron chi connectivity index (χ4n) is 6.66. The van der Waals surface area contributed by atoms with Gasteiger partial charge in [0, 0.05) is 16.6 Å². The maximum atomic E-state index is 14.1. The van der Waals surface area contributed by atoms with Crippen molar-refractivity contribution in [3.63, 3.8) is 0 Å². The van der Waals surface area contributed by atoms with Crippen LogP contribution in [-0.4, -0.2) is 76.2 Å². The highest BCUT2D eigenvalue weighted by Gasteiger charge is 2.76. The number of carbonyl (C=O) groups excluding carboxylic acids is 3. The number of para-hydroxylation sites is 1. The maximum absolute atomic E-state index is 14.1. The van der Waals surface area contributed by atoms with Crippen LogP contribution in [0.15, 0.2) is 54.6 Å². The van der Waals surface area contributed by atoms with Crippen molar-refractivity contribution >= 4 is 56.4 Å². The second-order valence-electron chi connectivity index (χ2n) is 10.6. The lowest BCUT2D eigenvalue weighted by atomic mass is 9.70. The molecule has 0 saturated carbocycles. The van der Waals surface area contributed by atoms with Gasteiger partial charge < -0.3 is 20.6 Å². The molecule has 0 aliphatic carbocycles. The third-order valence-electron chi connectivity index (χ3n) is 8.49. The highest BCUT2D eigenvalue weighted by atomic mass is 79.9. The molecule has 3 fully saturated rings. The van der Waals surface area contributed by atoms with E-state index >= 15 is 0 Å². The van der Waals surface area contributed by atoms with Gasteiger partial charge in [0.25, 0.3) is 0 Å². The molecule has 0 radical (unpaired) electrons. The molecule has 3 aliphatic heterocycles. The first-order chi connectivity index (χ1) is 19.4. The lowest BCUT2D eigenvalue weighted by Gasteiger charge is -2.37. The lowest BCUT2D eigenvalue weighted by molar-refractivity contribution is -0.143. The number of hydrogen-bond donors (Lipinski definition) is 3. The Labute approximate surface area is 244 Å². The molecule has 1 spiro atoms. The summed E-state index contributed by atoms with van der Waals surface area (Å²) >= 11 is 5.36. The van der Waals surface area contributed by atoms with Crippen molar-refractivity contribution in [2.24, 2.45) is 11.8 Å². The van der Waals surface area contributed by atoms with Gasteiger partial charge in [-0.1, -0.05) is 70.5 Å². The highest BCUT2D eigenvalue weighted by molar-refractivity contribution is 9.09. The molecule has 2 bridgehead atoms. The quantitative estimate of drug-likeness (QED) is 0.310. The molecule has 3 aliphatic rings. The Kier molecular flexibility index (Phi) is 7.34. The van der Waals surface area contributed by atoms with Gasteiger partial charge in [0.15, 0.2) is 0 Å². The van der Waals surface area contributed by atoms with Gasteiger partial charge in [0.05, 0.1) is 34.7 Å². The van der Waals surface area contributed by atoms with Crippen LogP contribution in [0.2, 0.25) is 0 Å². The average molecular weight is 628 g/mol. The first-order valence-electron chi connectivity index (χ1n) is 13.5. The van der Waals surface area contributed by atoms with Crippen molar-refractivity contribution in [2.75, 3.05) is 6.61 Å². The number of carbonyl (C=O) groups is 3. The van der Waals surface area contributed by atoms with Crippen LogP contribution in [0.1, 0.15) is 25.3 Å². The fourth-order valence-corrected chi connectivity index (χ4v) is 10.3. The van der Waals surface area contributed by atoms with Crippen LogP contribution in [-0.2, 0) is 27.6 Å². The molecule has 10 nitrogen and oxygen atoms in total. The third kappa shape index (κ3) is 4.31. The van der Waals surface area contributed by atoms with E-state index in [1.54, 1.807) is 21.3 Å². The van der Waals surface area contributed by atoms with E-state index < -0.39 is 28.7 Å². The predicted octanol–water partition coefficient (Wildman–Crippen LogP) is 2.06. The van der Waals surface area contributed by atoms with Crippen LogP contribution in [0.25, 0.3) is 11.0 Å². The summed E-state index contributed by atoms with van der Waals surface area (Å²) in [7, 11) is 0. The topological polar surface area (TPSA) is 129 Å². The van der Waals surface area contributed by atoms with E-state index in [1.807, 2.05) is 61.5 Å². The summed E-state index contributed by atoms with van der Waals surface area (Å²) in [6.07, 6.45) is 1.06. The monoisotopic (exact) mass is 626 g/mol. The summed E-state index contributed by atoms with van der Waals surface area (Å²) in [6, 6.07) is 15.8. The van der Waals surface area contributed by atoms with Gasteiger partial charge in [-0.25, -0.2) is 4.68 Å². The summed E-state index contributed by atoms with van der Waals surface area (Å²) in [5.74, 6) is -1.98. The number of likely N-dealkylation sites (tertiary alicyclic amines) is 1. The Morgan fingerprint density at radius 3 is 2.65 bits per heavy atom. The molecule has 12 heteroatoms. The van der Waals surface area contributed by atoms with Crippen LogP contribution in [0.5, 0.6) is 0 Å². The Hall–Kier alpha value is -2.96. The number of aliphatic hydroxyl groups excluding tert-OH is 1. The van der Waals surface area contributed by atoms with E-state index in [0.717, 1.165) is 16.6 Å². The summed E-state index contributed by atoms with van der Waals surface area (Å²) < 4.78 is 0.820. The number of thioether (sulfide) groups is 1. The van der Waals surface area contributed by atoms with Crippen molar-refractivity contribution in [2.45, 2.75) is 59.9 Å². The molecule has 3 amide bonds. The van der Waals surface area contributed by atoms with E-state index in [4.69, 9.17) is 0 Å². The van der Waals surface area contributed by atoms with Gasteiger partial charge in [-0.15, -0.1) is 16.9 Å². The molecule has 7 atom stereocenters. The molecule has 4 heterocycles. The molecular weight excluding hydrogens is 596 g/mol. The average Bonchev–Trinajstić information content (AvgIpc) is 3.69. The SMILES string of the molecule is CC[C@@H](CO)N1C(=O)[C@@H]2[C@H](C(=O)NCc3ccccc3)[C@H]3SC2(CC3Br)C1C(=O)NCn1nnc2ccccc21. The van der Waals surface area contributed by atoms with Gasteiger partial charge >= 0.3 is 0 Å². The summed E-state index contributed by atoms with van der Waals surface area (Å²) in [5.41, 5.74) is 2.48. The van der Waals surface area contributed by atoms with E-state index in [0.29, 0.717) is 19.4 Å². The van der Waals surface area contributed by atoms with E-state index in [9.17, 15) is 19.5 Å². The number of aliphatic hydroxyl groups is 1. The fraction of sp³-hybridized carbons (Fsp3) is 0.464. The van der Waals surface area contributed by atoms with Gasteiger partial charge in [0.2, 0.25) is 17.7 Å². The Bertz CT molecular complexity index is 1430. The third-order valence-corrected chi connectivity index (χ3v) is 11.7. The number of rotatable bonds is 9. The second kappa shape index (κ2) is 10.8. The van der Waals surface area contributed by atoms with Crippen LogP contribution in [0.3, 0.4) is 0 Å². The first-order valence-corrected chi connectivity index (χ1v) is 15.3. The first kappa shape index (κ1) is 27.2. The van der Waals surface area contributed by atoms with Crippen molar-refractivity contribution in [1.29, 1.82) is 0 Å². The van der Waals surface area contributed by atoms with Gasteiger partial charge in [0.1, 0.15) is 18.2 Å². The number of benzene rings is 2. The molecule has 1 aromatic heterocycles. The molecular formula is C28H31BrN6O4S. The standard InChI is InChI=1S/C28H31BrN6O4S/c1-2-17(14-36)35-24(26(38)31-15-34-20-11-7-6-10-19(20)32-33-34)28-12-18(29)23(40-28)21(22(28)27(35)39)25(37)30-13-16-8-4-3-5-9-16/h3-11,17-18,21-24,36H,2,12-15H2,1H3,(H,30,37)(H,31,38)/t17-,18?,21-,22-,23-,24?,28?/m0/s1. The number of alkyl halides is 1. The van der Waals surface area contributed by atoms with Crippen molar-refractivity contribution in [3.05, 3.63) is 60.2 Å². The summed E-state index contributed by atoms with van der Waals surface area (Å²) in [5, 5.41) is 24.4. The number of nitrogens with one attached hydrogen (secondary N) is 2. The molecule has 3 N–H and O–H groups in total. The van der Waals surface area contributed by atoms with Crippen molar-refractivity contribution < 1.29 is 19.5 Å². The second-order valence-corrected chi connectivity index (χ2v) is 13.4. The minimum absolute atomic E-state index is 0.0299. The number of hydrogen-bond acceptors (Lipinski definition) is 7. The Morgan fingerprint density at radius 2 is 1.90 bits per heavy atom. The molecule has 3 aromatic rings. The zero-order chi connectivity index (χ0) is 28.0. The Morgan fingerprint density at radius 1 is 1.15 bits per heavy atom. The zero-order valence-electron chi connectivity index (χ0n) is 21.9. The van der Waals surface area contributed by atoms with Gasteiger partial charge in [-0.05, 0) is 30.5 Å². The van der Waals surface area contributed by atoms with Gasteiger partial charge in [-0.3, -0.25) is 14.4 Å². The normalized spacial score (nSPS) is 29.5. The summed E-state index contributed by atoms with van der Waals surface area (Å²) in [6.45, 7) is 2.07. The van der Waals surface area contributed by atoms with Crippen LogP contribution >= 0.6 is 27.7 Å². The van der Waals surface area contributed by atoms with Crippen molar-refractivity contribution in [1.82, 2.24) is 30.5 Å². The number of aromatic nitrogens is 3. The minimum atomic E-state index is -0.834. The zero-order valence-corrected chi connectivity index (χ0v) is 24.3. The molecule has 3 saturated heterocycles. The molecule has 40 heavy (non-hydrogen) atoms. The molecule has 6 rings (SSSR count). The Balaban J connectivity index is 1.29. The predicted molar refractivity (Wildman–Crippen MR) is 154 cm³/mol. The van der Waals surface area contributed by atoms with E-state index in [-0.39, 0.29) is 41.1 Å². The number of fused-ring (bicyclic) bond motifs is 2. The maximum Gasteiger partial charge on any atom is 0.245 e. The number of nitrogens with zero attached hydrogens (tertiary/aromatic N) is 4. The molecule has 3 unspecified atom stereocenters. The van der Waals surface area contributed by atoms with E-state index in [2.05, 4.69) is 36.9 Å². The van der Waals surface area contributed by atoms with E-state index in [1.165, 1.54) is 0 Å².